The molecule has 5 nitrogen and oxygen atoms in total. The fourth-order valence-corrected chi connectivity index (χ4v) is 2.19. The van der Waals surface area contributed by atoms with Crippen molar-refractivity contribution in [1.29, 1.82) is 0 Å². The van der Waals surface area contributed by atoms with Crippen molar-refractivity contribution in [3.8, 4) is 0 Å². The Hall–Kier alpha value is -2.30. The van der Waals surface area contributed by atoms with E-state index < -0.39 is 0 Å². The Kier molecular flexibility index (Phi) is 2.74. The van der Waals surface area contributed by atoms with Crippen LogP contribution in [-0.4, -0.2) is 15.7 Å². The van der Waals surface area contributed by atoms with E-state index in [-0.39, 0.29) is 5.91 Å². The highest BCUT2D eigenvalue weighted by atomic mass is 16.1. The smallest absolute Gasteiger partial charge is 0.258 e. The van der Waals surface area contributed by atoms with Crippen LogP contribution in [0.4, 0.5) is 11.5 Å². The summed E-state index contributed by atoms with van der Waals surface area (Å²) in [5.74, 6) is 0.959. The molecule has 0 atom stereocenters. The number of carbonyl (C=O) groups is 1. The first-order valence-electron chi connectivity index (χ1n) is 6.35. The third kappa shape index (κ3) is 2.31. The molecule has 1 aromatic heterocycles. The average Bonchev–Trinajstić information content (AvgIpc) is 3.15. The molecule has 98 valence electrons. The minimum atomic E-state index is -0.224. The van der Waals surface area contributed by atoms with Gasteiger partial charge in [-0.05, 0) is 25.0 Å². The lowest BCUT2D eigenvalue weighted by molar-refractivity contribution is 0.102. The number of carbonyl (C=O) groups excluding carboxylic acids is 1. The monoisotopic (exact) mass is 256 g/mol. The second kappa shape index (κ2) is 4.42. The molecule has 3 rings (SSSR count). The number of nitrogens with two attached hydrogens (primary N) is 1. The van der Waals surface area contributed by atoms with Crippen molar-refractivity contribution < 1.29 is 4.79 Å². The Morgan fingerprint density at radius 3 is 2.84 bits per heavy atom. The first kappa shape index (κ1) is 11.8. The summed E-state index contributed by atoms with van der Waals surface area (Å²) < 4.78 is 1.83. The Morgan fingerprint density at radius 1 is 1.42 bits per heavy atom. The van der Waals surface area contributed by atoms with Gasteiger partial charge in [-0.25, -0.2) is 0 Å². The van der Waals surface area contributed by atoms with Gasteiger partial charge in [0, 0.05) is 30.4 Å². The van der Waals surface area contributed by atoms with Gasteiger partial charge in [-0.2, -0.15) is 5.10 Å². The highest BCUT2D eigenvalue weighted by Crippen LogP contribution is 2.40. The number of aromatic nitrogens is 2. The molecule has 0 bridgehead atoms. The molecule has 0 saturated heterocycles. The van der Waals surface area contributed by atoms with Crippen molar-refractivity contribution in [1.82, 2.24) is 9.78 Å². The van der Waals surface area contributed by atoms with E-state index in [9.17, 15) is 4.79 Å². The lowest BCUT2D eigenvalue weighted by Gasteiger charge is -2.04. The molecule has 1 amide bonds. The topological polar surface area (TPSA) is 72.9 Å². The van der Waals surface area contributed by atoms with E-state index >= 15 is 0 Å². The molecule has 1 fully saturated rings. The van der Waals surface area contributed by atoms with E-state index in [1.165, 1.54) is 18.5 Å². The summed E-state index contributed by atoms with van der Waals surface area (Å²) in [7, 11) is 1.90. The number of nitrogen functional groups attached to an aromatic ring is 1. The zero-order valence-electron chi connectivity index (χ0n) is 10.8. The minimum absolute atomic E-state index is 0.224. The molecule has 1 aliphatic carbocycles. The van der Waals surface area contributed by atoms with Crippen LogP contribution in [0.15, 0.2) is 30.3 Å². The van der Waals surface area contributed by atoms with Gasteiger partial charge >= 0.3 is 0 Å². The van der Waals surface area contributed by atoms with Crippen molar-refractivity contribution in [3.05, 3.63) is 41.6 Å². The van der Waals surface area contributed by atoms with E-state index in [0.717, 1.165) is 0 Å². The van der Waals surface area contributed by atoms with Crippen LogP contribution in [-0.2, 0) is 7.05 Å². The van der Waals surface area contributed by atoms with Gasteiger partial charge in [-0.15, -0.1) is 0 Å². The number of aryl methyl sites for hydroxylation is 1. The van der Waals surface area contributed by atoms with Gasteiger partial charge < -0.3 is 11.1 Å². The highest BCUT2D eigenvalue weighted by Gasteiger charge is 2.27. The van der Waals surface area contributed by atoms with Crippen LogP contribution >= 0.6 is 0 Å². The Labute approximate surface area is 111 Å². The second-order valence-electron chi connectivity index (χ2n) is 4.89. The maximum Gasteiger partial charge on any atom is 0.258 e. The fraction of sp³-hybridized carbons (Fsp3) is 0.286. The van der Waals surface area contributed by atoms with Gasteiger partial charge in [0.05, 0.1) is 5.56 Å². The number of nitrogens with one attached hydrogen (secondary N) is 1. The number of nitrogens with zero attached hydrogens (tertiary/aromatic N) is 2. The maximum absolute atomic E-state index is 12.1. The molecule has 2 aromatic rings. The lowest BCUT2D eigenvalue weighted by Crippen LogP contribution is -2.14. The molecular weight excluding hydrogens is 240 g/mol. The van der Waals surface area contributed by atoms with Crippen LogP contribution in [0.1, 0.15) is 34.8 Å². The van der Waals surface area contributed by atoms with Crippen molar-refractivity contribution in [2.24, 2.45) is 7.05 Å². The van der Waals surface area contributed by atoms with Crippen LogP contribution in [0.3, 0.4) is 0 Å². The van der Waals surface area contributed by atoms with E-state index in [0.29, 0.717) is 23.0 Å². The Balaban J connectivity index is 1.79. The van der Waals surface area contributed by atoms with E-state index in [1.807, 2.05) is 17.8 Å². The van der Waals surface area contributed by atoms with Crippen LogP contribution in [0.2, 0.25) is 0 Å². The molecule has 1 saturated carbocycles. The summed E-state index contributed by atoms with van der Waals surface area (Å²) in [5.41, 5.74) is 7.90. The third-order valence-electron chi connectivity index (χ3n) is 3.36. The average molecular weight is 256 g/mol. The summed E-state index contributed by atoms with van der Waals surface area (Å²) in [6.07, 6.45) is 2.41. The number of hydrogen-bond donors (Lipinski definition) is 2. The standard InChI is InChI=1S/C14H16N4O/c1-18-12(9-6-7-9)8-13(17-18)16-14(19)10-4-2-3-5-11(10)15/h2-5,8-9H,6-7,15H2,1H3,(H,16,17,19). The predicted octanol–water partition coefficient (Wildman–Crippen LogP) is 2.13. The molecule has 0 radical (unpaired) electrons. The number of para-hydroxylation sites is 1. The minimum Gasteiger partial charge on any atom is -0.398 e. The zero-order chi connectivity index (χ0) is 13.4. The summed E-state index contributed by atoms with van der Waals surface area (Å²) >= 11 is 0. The quantitative estimate of drug-likeness (QED) is 0.826. The van der Waals surface area contributed by atoms with Gasteiger partial charge in [0.25, 0.3) is 5.91 Å². The van der Waals surface area contributed by atoms with Gasteiger partial charge in [0.1, 0.15) is 0 Å². The van der Waals surface area contributed by atoms with Gasteiger partial charge in [-0.1, -0.05) is 12.1 Å². The second-order valence-corrected chi connectivity index (χ2v) is 4.89. The van der Waals surface area contributed by atoms with E-state index in [4.69, 9.17) is 5.73 Å². The highest BCUT2D eigenvalue weighted by molar-refractivity contribution is 6.07. The first-order valence-corrected chi connectivity index (χ1v) is 6.35. The summed E-state index contributed by atoms with van der Waals surface area (Å²) in [5, 5.41) is 7.10. The molecule has 0 unspecified atom stereocenters. The molecule has 0 spiro atoms. The molecule has 1 aromatic carbocycles. The Bertz CT molecular complexity index is 628. The van der Waals surface area contributed by atoms with Crippen LogP contribution in [0, 0.1) is 0 Å². The first-order chi connectivity index (χ1) is 9.15. The molecular formula is C14H16N4O. The molecule has 0 aliphatic heterocycles. The Morgan fingerprint density at radius 2 is 2.16 bits per heavy atom. The molecule has 19 heavy (non-hydrogen) atoms. The van der Waals surface area contributed by atoms with Crippen molar-refractivity contribution in [3.63, 3.8) is 0 Å². The van der Waals surface area contributed by atoms with Crippen molar-refractivity contribution in [2.45, 2.75) is 18.8 Å². The zero-order valence-corrected chi connectivity index (χ0v) is 10.8. The van der Waals surface area contributed by atoms with Gasteiger partial charge in [0.2, 0.25) is 0 Å². The number of anilines is 2. The van der Waals surface area contributed by atoms with Crippen LogP contribution < -0.4 is 11.1 Å². The molecule has 3 N–H and O–H groups in total. The van der Waals surface area contributed by atoms with E-state index in [1.54, 1.807) is 24.3 Å². The van der Waals surface area contributed by atoms with Crippen LogP contribution in [0.5, 0.6) is 0 Å². The van der Waals surface area contributed by atoms with Gasteiger partial charge in [0.15, 0.2) is 5.82 Å². The summed E-state index contributed by atoms with van der Waals surface area (Å²) in [6, 6.07) is 8.95. The normalized spacial score (nSPS) is 14.4. The van der Waals surface area contributed by atoms with E-state index in [2.05, 4.69) is 10.4 Å². The van der Waals surface area contributed by atoms with Crippen LogP contribution in [0.25, 0.3) is 0 Å². The number of hydrogen-bond acceptors (Lipinski definition) is 3. The van der Waals surface area contributed by atoms with Crippen molar-refractivity contribution >= 4 is 17.4 Å². The summed E-state index contributed by atoms with van der Waals surface area (Å²) in [4.78, 5) is 12.1. The molecule has 5 heteroatoms. The van der Waals surface area contributed by atoms with Gasteiger partial charge in [-0.3, -0.25) is 9.48 Å². The predicted molar refractivity (Wildman–Crippen MR) is 74.0 cm³/mol. The largest absolute Gasteiger partial charge is 0.398 e. The summed E-state index contributed by atoms with van der Waals surface area (Å²) in [6.45, 7) is 0. The maximum atomic E-state index is 12.1. The number of amides is 1. The van der Waals surface area contributed by atoms with Crippen molar-refractivity contribution in [2.75, 3.05) is 11.1 Å². The number of rotatable bonds is 3. The SMILES string of the molecule is Cn1nc(NC(=O)c2ccccc2N)cc1C1CC1. The third-order valence-corrected chi connectivity index (χ3v) is 3.36. The molecule has 1 heterocycles. The number of benzene rings is 1. The molecule has 1 aliphatic rings. The lowest BCUT2D eigenvalue weighted by atomic mass is 10.1. The fourth-order valence-electron chi connectivity index (χ4n) is 2.19.